The van der Waals surface area contributed by atoms with Crippen LogP contribution in [0.2, 0.25) is 0 Å². The molecule has 0 aliphatic carbocycles. The van der Waals surface area contributed by atoms with Gasteiger partial charge >= 0.3 is 0 Å². The minimum absolute atomic E-state index is 0.0495. The number of anilines is 1. The number of furan rings is 1. The highest BCUT2D eigenvalue weighted by Gasteiger charge is 2.33. The molecule has 1 aromatic carbocycles. The average Bonchev–Trinajstić information content (AvgIpc) is 3.23. The number of carbonyl (C=O) groups excluding carboxylic acids is 2. The molecular formula is C18H19N3O3. The van der Waals surface area contributed by atoms with Gasteiger partial charge in [-0.3, -0.25) is 9.59 Å². The van der Waals surface area contributed by atoms with Gasteiger partial charge in [-0.1, -0.05) is 19.1 Å². The quantitative estimate of drug-likeness (QED) is 0.937. The molecule has 1 atom stereocenters. The Bertz CT molecular complexity index is 781. The van der Waals surface area contributed by atoms with Gasteiger partial charge in [0, 0.05) is 25.5 Å². The van der Waals surface area contributed by atoms with Crippen LogP contribution in [0.25, 0.3) is 0 Å². The second-order valence-corrected chi connectivity index (χ2v) is 5.64. The molecular weight excluding hydrogens is 306 g/mol. The standard InChI is InChI=1S/C18H19N3O3/c1-3-18(23)21-16(11-15(20-21)17-8-5-9-24-17)13-6-4-7-14(10-13)19-12(2)22/h4-10,16H,3,11H2,1-2H3,(H,19,22)/t16-/m1/s1. The monoisotopic (exact) mass is 325 g/mol. The molecule has 6 nitrogen and oxygen atoms in total. The number of hydrogen-bond acceptors (Lipinski definition) is 4. The summed E-state index contributed by atoms with van der Waals surface area (Å²) >= 11 is 0. The highest BCUT2D eigenvalue weighted by molar-refractivity contribution is 6.01. The van der Waals surface area contributed by atoms with E-state index in [1.807, 2.05) is 37.3 Å². The molecule has 2 aromatic rings. The largest absolute Gasteiger partial charge is 0.463 e. The van der Waals surface area contributed by atoms with Crippen LogP contribution in [0.1, 0.15) is 44.1 Å². The number of amides is 2. The van der Waals surface area contributed by atoms with Crippen molar-refractivity contribution >= 4 is 23.2 Å². The second kappa shape index (κ2) is 6.70. The molecule has 0 unspecified atom stereocenters. The van der Waals surface area contributed by atoms with Crippen molar-refractivity contribution in [3.63, 3.8) is 0 Å². The third-order valence-corrected chi connectivity index (χ3v) is 3.87. The summed E-state index contributed by atoms with van der Waals surface area (Å²) in [7, 11) is 0. The van der Waals surface area contributed by atoms with Crippen molar-refractivity contribution in [2.24, 2.45) is 5.10 Å². The fraction of sp³-hybridized carbons (Fsp3) is 0.278. The van der Waals surface area contributed by atoms with E-state index in [4.69, 9.17) is 4.42 Å². The minimum atomic E-state index is -0.203. The summed E-state index contributed by atoms with van der Waals surface area (Å²) in [5, 5.41) is 8.75. The number of hydrazone groups is 1. The number of nitrogens with zero attached hydrogens (tertiary/aromatic N) is 2. The fourth-order valence-electron chi connectivity index (χ4n) is 2.78. The van der Waals surface area contributed by atoms with Crippen molar-refractivity contribution in [3.05, 3.63) is 54.0 Å². The first kappa shape index (κ1) is 16.0. The molecule has 3 rings (SSSR count). The highest BCUT2D eigenvalue weighted by Crippen LogP contribution is 2.34. The van der Waals surface area contributed by atoms with Crippen LogP contribution in [0, 0.1) is 0 Å². The van der Waals surface area contributed by atoms with E-state index in [1.165, 1.54) is 11.9 Å². The van der Waals surface area contributed by atoms with Crippen LogP contribution in [0.5, 0.6) is 0 Å². The lowest BCUT2D eigenvalue weighted by molar-refractivity contribution is -0.132. The van der Waals surface area contributed by atoms with Crippen molar-refractivity contribution in [3.8, 4) is 0 Å². The van der Waals surface area contributed by atoms with E-state index in [-0.39, 0.29) is 17.9 Å². The Balaban J connectivity index is 1.91. The number of rotatable bonds is 4. The summed E-state index contributed by atoms with van der Waals surface area (Å²) in [4.78, 5) is 23.6. The first-order chi connectivity index (χ1) is 11.6. The van der Waals surface area contributed by atoms with E-state index in [9.17, 15) is 9.59 Å². The van der Waals surface area contributed by atoms with Gasteiger partial charge < -0.3 is 9.73 Å². The summed E-state index contributed by atoms with van der Waals surface area (Å²) in [5.41, 5.74) is 2.38. The molecule has 1 aliphatic heterocycles. The van der Waals surface area contributed by atoms with Gasteiger partial charge in [-0.05, 0) is 29.8 Å². The fourth-order valence-corrected chi connectivity index (χ4v) is 2.78. The molecule has 2 heterocycles. The summed E-state index contributed by atoms with van der Waals surface area (Å²) in [6.45, 7) is 3.28. The predicted molar refractivity (Wildman–Crippen MR) is 90.5 cm³/mol. The number of benzene rings is 1. The van der Waals surface area contributed by atoms with Crippen LogP contribution >= 0.6 is 0 Å². The Morgan fingerprint density at radius 2 is 2.17 bits per heavy atom. The smallest absolute Gasteiger partial charge is 0.242 e. The lowest BCUT2D eigenvalue weighted by Crippen LogP contribution is -2.26. The Labute approximate surface area is 140 Å². The van der Waals surface area contributed by atoms with Crippen molar-refractivity contribution < 1.29 is 14.0 Å². The Morgan fingerprint density at radius 3 is 2.83 bits per heavy atom. The maximum absolute atomic E-state index is 12.3. The summed E-state index contributed by atoms with van der Waals surface area (Å²) in [6, 6.07) is 10.9. The van der Waals surface area contributed by atoms with Gasteiger partial charge in [0.2, 0.25) is 11.8 Å². The third-order valence-electron chi connectivity index (χ3n) is 3.87. The van der Waals surface area contributed by atoms with E-state index < -0.39 is 0 Å². The van der Waals surface area contributed by atoms with Gasteiger partial charge in [-0.15, -0.1) is 0 Å². The first-order valence-electron chi connectivity index (χ1n) is 7.89. The maximum Gasteiger partial charge on any atom is 0.242 e. The number of nitrogens with one attached hydrogen (secondary N) is 1. The molecule has 0 saturated heterocycles. The van der Waals surface area contributed by atoms with Gasteiger partial charge in [0.25, 0.3) is 0 Å². The van der Waals surface area contributed by atoms with Gasteiger partial charge in [0.1, 0.15) is 11.5 Å². The van der Waals surface area contributed by atoms with E-state index in [1.54, 1.807) is 12.3 Å². The van der Waals surface area contributed by atoms with E-state index in [0.29, 0.717) is 24.3 Å². The SMILES string of the molecule is CCC(=O)N1N=C(c2ccco2)C[C@@H]1c1cccc(NC(C)=O)c1. The third kappa shape index (κ3) is 3.22. The zero-order chi connectivity index (χ0) is 17.1. The van der Waals surface area contributed by atoms with Crippen molar-refractivity contribution in [2.75, 3.05) is 5.32 Å². The average molecular weight is 325 g/mol. The molecule has 24 heavy (non-hydrogen) atoms. The molecule has 0 bridgehead atoms. The van der Waals surface area contributed by atoms with Crippen LogP contribution in [0.3, 0.4) is 0 Å². The van der Waals surface area contributed by atoms with Crippen LogP contribution in [-0.2, 0) is 9.59 Å². The second-order valence-electron chi connectivity index (χ2n) is 5.64. The molecule has 1 aliphatic rings. The van der Waals surface area contributed by atoms with Crippen LogP contribution in [0.15, 0.2) is 52.2 Å². The zero-order valence-corrected chi connectivity index (χ0v) is 13.7. The maximum atomic E-state index is 12.3. The van der Waals surface area contributed by atoms with Crippen LogP contribution in [-0.4, -0.2) is 22.5 Å². The first-order valence-corrected chi connectivity index (χ1v) is 7.89. The van der Waals surface area contributed by atoms with Gasteiger partial charge in [-0.25, -0.2) is 5.01 Å². The summed E-state index contributed by atoms with van der Waals surface area (Å²) in [5.74, 6) is 0.489. The molecule has 1 aromatic heterocycles. The van der Waals surface area contributed by atoms with Crippen molar-refractivity contribution in [1.29, 1.82) is 0 Å². The van der Waals surface area contributed by atoms with Gasteiger partial charge in [0.05, 0.1) is 12.3 Å². The zero-order valence-electron chi connectivity index (χ0n) is 13.7. The van der Waals surface area contributed by atoms with Crippen molar-refractivity contribution in [2.45, 2.75) is 32.7 Å². The minimum Gasteiger partial charge on any atom is -0.463 e. The van der Waals surface area contributed by atoms with Crippen LogP contribution in [0.4, 0.5) is 5.69 Å². The normalized spacial score (nSPS) is 16.8. The summed E-state index contributed by atoms with van der Waals surface area (Å²) in [6.07, 6.45) is 2.54. The van der Waals surface area contributed by atoms with E-state index in [2.05, 4.69) is 10.4 Å². The Hall–Kier alpha value is -2.89. The topological polar surface area (TPSA) is 74.9 Å². The Morgan fingerprint density at radius 1 is 1.33 bits per heavy atom. The molecule has 124 valence electrons. The summed E-state index contributed by atoms with van der Waals surface area (Å²) < 4.78 is 5.41. The van der Waals surface area contributed by atoms with Gasteiger partial charge in [-0.2, -0.15) is 5.10 Å². The molecule has 2 amide bonds. The molecule has 0 fully saturated rings. The number of carbonyl (C=O) groups is 2. The molecule has 0 radical (unpaired) electrons. The molecule has 0 saturated carbocycles. The van der Waals surface area contributed by atoms with Crippen molar-refractivity contribution in [1.82, 2.24) is 5.01 Å². The lowest BCUT2D eigenvalue weighted by Gasteiger charge is -2.22. The van der Waals surface area contributed by atoms with Crippen LogP contribution < -0.4 is 5.32 Å². The molecule has 0 spiro atoms. The molecule has 1 N–H and O–H groups in total. The molecule has 6 heteroatoms. The van der Waals surface area contributed by atoms with E-state index >= 15 is 0 Å². The lowest BCUT2D eigenvalue weighted by atomic mass is 10.00. The predicted octanol–water partition coefficient (Wildman–Crippen LogP) is 3.33. The number of hydrogen-bond donors (Lipinski definition) is 1. The van der Waals surface area contributed by atoms with Gasteiger partial charge in [0.15, 0.2) is 0 Å². The van der Waals surface area contributed by atoms with E-state index in [0.717, 1.165) is 11.3 Å². The Kier molecular flexibility index (Phi) is 4.46. The highest BCUT2D eigenvalue weighted by atomic mass is 16.3.